The molecule has 0 N–H and O–H groups in total. The number of pyridine rings is 1. The Morgan fingerprint density at radius 3 is 2.69 bits per heavy atom. The van der Waals surface area contributed by atoms with Gasteiger partial charge in [-0.3, -0.25) is 14.6 Å². The van der Waals surface area contributed by atoms with Gasteiger partial charge in [0.2, 0.25) is 0 Å². The molecule has 1 rings (SSSR count). The SMILES string of the molecule is CC(=O)CC(=O)c1cncc(F)c1. The van der Waals surface area contributed by atoms with E-state index < -0.39 is 11.6 Å². The molecule has 0 fully saturated rings. The van der Waals surface area contributed by atoms with E-state index in [1.165, 1.54) is 13.1 Å². The first-order valence-corrected chi connectivity index (χ1v) is 3.73. The number of ketones is 2. The monoisotopic (exact) mass is 181 g/mol. The van der Waals surface area contributed by atoms with Gasteiger partial charge in [0.05, 0.1) is 12.6 Å². The second-order valence-corrected chi connectivity index (χ2v) is 2.69. The van der Waals surface area contributed by atoms with Crippen molar-refractivity contribution in [1.82, 2.24) is 4.98 Å². The zero-order valence-corrected chi connectivity index (χ0v) is 7.08. The molecule has 0 radical (unpaired) electrons. The molecule has 0 saturated carbocycles. The van der Waals surface area contributed by atoms with Gasteiger partial charge >= 0.3 is 0 Å². The lowest BCUT2D eigenvalue weighted by Crippen LogP contribution is -2.05. The average molecular weight is 181 g/mol. The first kappa shape index (κ1) is 9.51. The molecule has 0 atom stereocenters. The number of aromatic nitrogens is 1. The Bertz CT molecular complexity index is 349. The second kappa shape index (κ2) is 3.89. The van der Waals surface area contributed by atoms with E-state index >= 15 is 0 Å². The van der Waals surface area contributed by atoms with Crippen LogP contribution in [0.2, 0.25) is 0 Å². The van der Waals surface area contributed by atoms with E-state index in [1.807, 2.05) is 0 Å². The van der Waals surface area contributed by atoms with Gasteiger partial charge < -0.3 is 0 Å². The summed E-state index contributed by atoms with van der Waals surface area (Å²) in [7, 11) is 0. The summed E-state index contributed by atoms with van der Waals surface area (Å²) in [5.74, 6) is -1.22. The van der Waals surface area contributed by atoms with Crippen LogP contribution in [-0.4, -0.2) is 16.6 Å². The number of hydrogen-bond donors (Lipinski definition) is 0. The molecule has 3 nitrogen and oxygen atoms in total. The molecule has 0 bridgehead atoms. The summed E-state index contributed by atoms with van der Waals surface area (Å²) in [6.07, 6.45) is 2.05. The van der Waals surface area contributed by atoms with Gasteiger partial charge in [0.1, 0.15) is 11.6 Å². The fraction of sp³-hybridized carbons (Fsp3) is 0.222. The van der Waals surface area contributed by atoms with Gasteiger partial charge in [0.15, 0.2) is 5.78 Å². The molecule has 0 spiro atoms. The minimum Gasteiger partial charge on any atom is -0.300 e. The van der Waals surface area contributed by atoms with Gasteiger partial charge in [-0.1, -0.05) is 0 Å². The largest absolute Gasteiger partial charge is 0.300 e. The zero-order chi connectivity index (χ0) is 9.84. The van der Waals surface area contributed by atoms with E-state index in [-0.39, 0.29) is 17.8 Å². The van der Waals surface area contributed by atoms with E-state index in [1.54, 1.807) is 0 Å². The summed E-state index contributed by atoms with van der Waals surface area (Å²) < 4.78 is 12.6. The summed E-state index contributed by atoms with van der Waals surface area (Å²) in [6, 6.07) is 1.07. The van der Waals surface area contributed by atoms with Crippen molar-refractivity contribution in [2.24, 2.45) is 0 Å². The summed E-state index contributed by atoms with van der Waals surface area (Å²) >= 11 is 0. The molecular formula is C9H8FNO2. The van der Waals surface area contributed by atoms with Crippen molar-refractivity contribution in [2.45, 2.75) is 13.3 Å². The van der Waals surface area contributed by atoms with Gasteiger partial charge in [-0.25, -0.2) is 4.39 Å². The van der Waals surface area contributed by atoms with Crippen molar-refractivity contribution in [3.8, 4) is 0 Å². The van der Waals surface area contributed by atoms with Crippen LogP contribution < -0.4 is 0 Å². The molecule has 0 unspecified atom stereocenters. The Balaban J connectivity index is 2.83. The van der Waals surface area contributed by atoms with E-state index in [4.69, 9.17) is 0 Å². The van der Waals surface area contributed by atoms with Crippen LogP contribution in [0.4, 0.5) is 4.39 Å². The van der Waals surface area contributed by atoms with Crippen LogP contribution in [0.1, 0.15) is 23.7 Å². The molecule has 0 saturated heterocycles. The van der Waals surface area contributed by atoms with Crippen molar-refractivity contribution >= 4 is 11.6 Å². The topological polar surface area (TPSA) is 47.0 Å². The molecular weight excluding hydrogens is 173 g/mol. The number of halogens is 1. The van der Waals surface area contributed by atoms with Gasteiger partial charge in [-0.2, -0.15) is 0 Å². The van der Waals surface area contributed by atoms with E-state index in [2.05, 4.69) is 4.98 Å². The van der Waals surface area contributed by atoms with Gasteiger partial charge in [0.25, 0.3) is 0 Å². The zero-order valence-electron chi connectivity index (χ0n) is 7.08. The van der Waals surface area contributed by atoms with Crippen LogP contribution in [0.25, 0.3) is 0 Å². The van der Waals surface area contributed by atoms with Crippen LogP contribution in [0, 0.1) is 5.82 Å². The molecule has 1 aromatic heterocycles. The average Bonchev–Trinajstić information content (AvgIpc) is 2.03. The van der Waals surface area contributed by atoms with Crippen molar-refractivity contribution in [3.05, 3.63) is 29.8 Å². The minimum absolute atomic E-state index is 0.134. The summed E-state index contributed by atoms with van der Waals surface area (Å²) in [5.41, 5.74) is 0.134. The van der Waals surface area contributed by atoms with Crippen LogP contribution in [0.15, 0.2) is 18.5 Å². The highest BCUT2D eigenvalue weighted by molar-refractivity contribution is 6.07. The number of nitrogens with zero attached hydrogens (tertiary/aromatic N) is 1. The van der Waals surface area contributed by atoms with Crippen molar-refractivity contribution in [1.29, 1.82) is 0 Å². The molecule has 4 heteroatoms. The fourth-order valence-corrected chi connectivity index (χ4v) is 0.893. The number of carbonyl (C=O) groups excluding carboxylic acids is 2. The van der Waals surface area contributed by atoms with Crippen LogP contribution >= 0.6 is 0 Å². The highest BCUT2D eigenvalue weighted by atomic mass is 19.1. The highest BCUT2D eigenvalue weighted by Crippen LogP contribution is 2.04. The Kier molecular flexibility index (Phi) is 2.84. The first-order valence-electron chi connectivity index (χ1n) is 3.73. The van der Waals surface area contributed by atoms with E-state index in [0.29, 0.717) is 0 Å². The Labute approximate surface area is 74.6 Å². The van der Waals surface area contributed by atoms with Gasteiger partial charge in [-0.05, 0) is 13.0 Å². The molecule has 0 aromatic carbocycles. The Hall–Kier alpha value is -1.58. The summed E-state index contributed by atoms with van der Waals surface area (Å²) in [4.78, 5) is 25.3. The van der Waals surface area contributed by atoms with Crippen molar-refractivity contribution in [2.75, 3.05) is 0 Å². The number of rotatable bonds is 3. The molecule has 68 valence electrons. The predicted octanol–water partition coefficient (Wildman–Crippen LogP) is 1.38. The molecule has 0 aliphatic heterocycles. The third kappa shape index (κ3) is 2.74. The number of carbonyl (C=O) groups is 2. The second-order valence-electron chi connectivity index (χ2n) is 2.69. The quantitative estimate of drug-likeness (QED) is 0.522. The smallest absolute Gasteiger partial charge is 0.171 e. The summed E-state index contributed by atoms with van der Waals surface area (Å²) in [5, 5.41) is 0. The van der Waals surface area contributed by atoms with E-state index in [0.717, 1.165) is 12.3 Å². The molecule has 0 aliphatic carbocycles. The maximum atomic E-state index is 12.6. The van der Waals surface area contributed by atoms with Gasteiger partial charge in [0, 0.05) is 11.8 Å². The predicted molar refractivity (Wildman–Crippen MR) is 43.8 cm³/mol. The van der Waals surface area contributed by atoms with Crippen molar-refractivity contribution in [3.63, 3.8) is 0 Å². The lowest BCUT2D eigenvalue weighted by molar-refractivity contribution is -0.116. The highest BCUT2D eigenvalue weighted by Gasteiger charge is 2.09. The Morgan fingerprint density at radius 2 is 2.15 bits per heavy atom. The third-order valence-electron chi connectivity index (χ3n) is 1.44. The normalized spacial score (nSPS) is 9.69. The molecule has 1 aromatic rings. The summed E-state index contributed by atoms with van der Waals surface area (Å²) in [6.45, 7) is 1.31. The molecule has 0 aliphatic rings. The third-order valence-corrected chi connectivity index (χ3v) is 1.44. The van der Waals surface area contributed by atoms with Crippen LogP contribution in [0.5, 0.6) is 0 Å². The maximum Gasteiger partial charge on any atom is 0.171 e. The van der Waals surface area contributed by atoms with Crippen molar-refractivity contribution < 1.29 is 14.0 Å². The number of Topliss-reactive ketones (excluding diaryl/α,β-unsaturated/α-hetero) is 2. The first-order chi connectivity index (χ1) is 6.09. The molecule has 13 heavy (non-hydrogen) atoms. The molecule has 0 amide bonds. The van der Waals surface area contributed by atoms with Crippen LogP contribution in [-0.2, 0) is 4.79 Å². The maximum absolute atomic E-state index is 12.6. The van der Waals surface area contributed by atoms with Crippen LogP contribution in [0.3, 0.4) is 0 Å². The lowest BCUT2D eigenvalue weighted by atomic mass is 10.1. The molecule has 1 heterocycles. The standard InChI is InChI=1S/C9H8FNO2/c1-6(12)2-9(13)7-3-8(10)5-11-4-7/h3-5H,2H2,1H3. The minimum atomic E-state index is -0.575. The van der Waals surface area contributed by atoms with Gasteiger partial charge in [-0.15, -0.1) is 0 Å². The fourth-order valence-electron chi connectivity index (χ4n) is 0.893. The number of hydrogen-bond acceptors (Lipinski definition) is 3. The Morgan fingerprint density at radius 1 is 1.46 bits per heavy atom. The van der Waals surface area contributed by atoms with E-state index in [9.17, 15) is 14.0 Å². The lowest BCUT2D eigenvalue weighted by Gasteiger charge is -1.96.